The van der Waals surface area contributed by atoms with Crippen molar-refractivity contribution in [3.8, 4) is 0 Å². The number of amides is 1. The van der Waals surface area contributed by atoms with Crippen LogP contribution in [0, 0.1) is 13.8 Å². The first-order valence-corrected chi connectivity index (χ1v) is 11.4. The number of nitrogens with one attached hydrogen (secondary N) is 2. The molecule has 30 heavy (non-hydrogen) atoms. The summed E-state index contributed by atoms with van der Waals surface area (Å²) in [6.07, 6.45) is 0.765. The van der Waals surface area contributed by atoms with E-state index in [0.717, 1.165) is 28.8 Å². The van der Waals surface area contributed by atoms with Crippen molar-refractivity contribution in [2.24, 2.45) is 0 Å². The molecule has 3 rings (SSSR count). The van der Waals surface area contributed by atoms with E-state index in [9.17, 15) is 13.2 Å². The zero-order chi connectivity index (χ0) is 21.9. The smallest absolute Gasteiger partial charge is 0.261 e. The van der Waals surface area contributed by atoms with E-state index in [2.05, 4.69) is 10.0 Å². The Labute approximate surface area is 182 Å². The van der Waals surface area contributed by atoms with Crippen LogP contribution in [-0.4, -0.2) is 14.3 Å². The predicted octanol–water partition coefficient (Wildman–Crippen LogP) is 5.57. The van der Waals surface area contributed by atoms with Gasteiger partial charge in [0.15, 0.2) is 0 Å². The van der Waals surface area contributed by atoms with Crippen LogP contribution in [0.3, 0.4) is 0 Å². The molecule has 3 aromatic carbocycles. The van der Waals surface area contributed by atoms with Crippen molar-refractivity contribution in [3.63, 3.8) is 0 Å². The molecular weight excluding hydrogens is 420 g/mol. The molecule has 0 heterocycles. The van der Waals surface area contributed by atoms with E-state index >= 15 is 0 Å². The molecule has 0 unspecified atom stereocenters. The topological polar surface area (TPSA) is 75.3 Å². The highest BCUT2D eigenvalue weighted by Crippen LogP contribution is 2.26. The first kappa shape index (κ1) is 21.9. The zero-order valence-electron chi connectivity index (χ0n) is 17.0. The molecule has 1 amide bonds. The second-order valence-electron chi connectivity index (χ2n) is 7.03. The molecule has 156 valence electrons. The summed E-state index contributed by atoms with van der Waals surface area (Å²) in [6.45, 7) is 5.81. The molecule has 0 aromatic heterocycles. The molecule has 0 aliphatic heterocycles. The number of para-hydroxylation sites is 1. The number of rotatable bonds is 6. The number of aryl methyl sites for hydroxylation is 3. The van der Waals surface area contributed by atoms with Gasteiger partial charge in [0, 0.05) is 11.4 Å². The maximum Gasteiger partial charge on any atom is 0.261 e. The van der Waals surface area contributed by atoms with Crippen LogP contribution in [0.2, 0.25) is 5.02 Å². The molecule has 0 fully saturated rings. The SMILES string of the molecule is CCc1cccc(C)c1NC(=O)c1cc(NS(=O)(=O)c2ccc(C)cc2)ccc1Cl. The lowest BCUT2D eigenvalue weighted by atomic mass is 10.1. The first-order chi connectivity index (χ1) is 14.2. The molecule has 5 nitrogen and oxygen atoms in total. The Morgan fingerprint density at radius 2 is 1.70 bits per heavy atom. The molecule has 0 aliphatic rings. The van der Waals surface area contributed by atoms with Crippen LogP contribution in [0.5, 0.6) is 0 Å². The average Bonchev–Trinajstić information content (AvgIpc) is 2.71. The first-order valence-electron chi connectivity index (χ1n) is 9.50. The Kier molecular flexibility index (Phi) is 6.48. The molecule has 0 spiro atoms. The number of anilines is 2. The highest BCUT2D eigenvalue weighted by Gasteiger charge is 2.18. The van der Waals surface area contributed by atoms with E-state index in [0.29, 0.717) is 0 Å². The molecule has 0 saturated heterocycles. The Balaban J connectivity index is 1.88. The van der Waals surface area contributed by atoms with Crippen molar-refractivity contribution in [2.45, 2.75) is 32.1 Å². The summed E-state index contributed by atoms with van der Waals surface area (Å²) in [4.78, 5) is 13.0. The molecule has 7 heteroatoms. The van der Waals surface area contributed by atoms with Gasteiger partial charge >= 0.3 is 0 Å². The van der Waals surface area contributed by atoms with E-state index < -0.39 is 15.9 Å². The summed E-state index contributed by atoms with van der Waals surface area (Å²) in [7, 11) is -3.79. The summed E-state index contributed by atoms with van der Waals surface area (Å²) in [5, 5.41) is 3.15. The number of carbonyl (C=O) groups excluding carboxylic acids is 1. The third-order valence-corrected chi connectivity index (χ3v) is 6.50. The van der Waals surface area contributed by atoms with E-state index in [1.165, 1.54) is 30.3 Å². The second kappa shape index (κ2) is 8.90. The van der Waals surface area contributed by atoms with Gasteiger partial charge in [0.1, 0.15) is 0 Å². The van der Waals surface area contributed by atoms with Gasteiger partial charge in [0.25, 0.3) is 15.9 Å². The van der Waals surface area contributed by atoms with E-state index in [1.54, 1.807) is 12.1 Å². The van der Waals surface area contributed by atoms with Gasteiger partial charge in [-0.25, -0.2) is 8.42 Å². The predicted molar refractivity (Wildman–Crippen MR) is 122 cm³/mol. The van der Waals surface area contributed by atoms with Crippen LogP contribution >= 0.6 is 11.6 Å². The minimum absolute atomic E-state index is 0.140. The molecular formula is C23H23ClN2O3S. The Morgan fingerprint density at radius 1 is 1.00 bits per heavy atom. The van der Waals surface area contributed by atoms with Gasteiger partial charge < -0.3 is 5.32 Å². The number of hydrogen-bond acceptors (Lipinski definition) is 3. The lowest BCUT2D eigenvalue weighted by Crippen LogP contribution is -2.16. The highest BCUT2D eigenvalue weighted by molar-refractivity contribution is 7.92. The van der Waals surface area contributed by atoms with Crippen molar-refractivity contribution < 1.29 is 13.2 Å². The van der Waals surface area contributed by atoms with Crippen LogP contribution in [0.25, 0.3) is 0 Å². The monoisotopic (exact) mass is 442 g/mol. The zero-order valence-corrected chi connectivity index (χ0v) is 18.6. The number of sulfonamides is 1. The van der Waals surface area contributed by atoms with Crippen molar-refractivity contribution in [1.29, 1.82) is 0 Å². The third kappa shape index (κ3) is 4.83. The second-order valence-corrected chi connectivity index (χ2v) is 9.12. The maximum absolute atomic E-state index is 12.9. The summed E-state index contributed by atoms with van der Waals surface area (Å²) < 4.78 is 27.8. The fourth-order valence-electron chi connectivity index (χ4n) is 3.08. The van der Waals surface area contributed by atoms with Gasteiger partial charge in [0.05, 0.1) is 15.5 Å². The van der Waals surface area contributed by atoms with Crippen molar-refractivity contribution in [2.75, 3.05) is 10.0 Å². The number of hydrogen-bond donors (Lipinski definition) is 2. The number of halogens is 1. The average molecular weight is 443 g/mol. The Bertz CT molecular complexity index is 1190. The van der Waals surface area contributed by atoms with Crippen LogP contribution < -0.4 is 10.0 Å². The van der Waals surface area contributed by atoms with Gasteiger partial charge in [0.2, 0.25) is 0 Å². The van der Waals surface area contributed by atoms with E-state index in [1.807, 2.05) is 39.0 Å². The fourth-order valence-corrected chi connectivity index (χ4v) is 4.33. The number of carbonyl (C=O) groups is 1. The van der Waals surface area contributed by atoms with Crippen LogP contribution in [-0.2, 0) is 16.4 Å². The summed E-state index contributed by atoms with van der Waals surface area (Å²) in [5.41, 5.74) is 4.09. The molecule has 0 aliphatic carbocycles. The van der Waals surface area contributed by atoms with Crippen molar-refractivity contribution in [1.82, 2.24) is 0 Å². The summed E-state index contributed by atoms with van der Waals surface area (Å²) in [5.74, 6) is -0.402. The van der Waals surface area contributed by atoms with Gasteiger partial charge in [-0.15, -0.1) is 0 Å². The molecule has 0 radical (unpaired) electrons. The summed E-state index contributed by atoms with van der Waals surface area (Å²) >= 11 is 6.24. The molecule has 3 aromatic rings. The minimum atomic E-state index is -3.79. The van der Waals surface area contributed by atoms with Gasteiger partial charge in [-0.1, -0.05) is 54.4 Å². The normalized spacial score (nSPS) is 11.2. The summed E-state index contributed by atoms with van der Waals surface area (Å²) in [6, 6.07) is 16.8. The van der Waals surface area contributed by atoms with Gasteiger partial charge in [-0.2, -0.15) is 0 Å². The van der Waals surface area contributed by atoms with Crippen LogP contribution in [0.1, 0.15) is 34.0 Å². The van der Waals surface area contributed by atoms with E-state index in [-0.39, 0.29) is 21.2 Å². The molecule has 0 atom stereocenters. The van der Waals surface area contributed by atoms with Gasteiger partial charge in [-0.05, 0) is 61.7 Å². The minimum Gasteiger partial charge on any atom is -0.321 e. The van der Waals surface area contributed by atoms with Crippen molar-refractivity contribution in [3.05, 3.63) is 87.9 Å². The largest absolute Gasteiger partial charge is 0.321 e. The molecule has 0 bridgehead atoms. The number of benzene rings is 3. The Hall–Kier alpha value is -2.83. The quantitative estimate of drug-likeness (QED) is 0.523. The molecule has 2 N–H and O–H groups in total. The maximum atomic E-state index is 12.9. The van der Waals surface area contributed by atoms with Crippen LogP contribution in [0.4, 0.5) is 11.4 Å². The third-order valence-electron chi connectivity index (χ3n) is 4.77. The molecule has 0 saturated carbocycles. The lowest BCUT2D eigenvalue weighted by molar-refractivity contribution is 0.102. The van der Waals surface area contributed by atoms with Crippen LogP contribution in [0.15, 0.2) is 65.6 Å². The Morgan fingerprint density at radius 3 is 2.37 bits per heavy atom. The fraction of sp³-hybridized carbons (Fsp3) is 0.174. The van der Waals surface area contributed by atoms with E-state index in [4.69, 9.17) is 11.6 Å². The standard InChI is InChI=1S/C23H23ClN2O3S/c1-4-17-7-5-6-16(3)22(17)25-23(27)20-14-18(10-13-21(20)24)26-30(28,29)19-11-8-15(2)9-12-19/h5-14,26H,4H2,1-3H3,(H,25,27). The van der Waals surface area contributed by atoms with Crippen molar-refractivity contribution >= 4 is 38.9 Å². The highest BCUT2D eigenvalue weighted by atomic mass is 35.5. The lowest BCUT2D eigenvalue weighted by Gasteiger charge is -2.15. The van der Waals surface area contributed by atoms with Gasteiger partial charge in [-0.3, -0.25) is 9.52 Å².